The van der Waals surface area contributed by atoms with E-state index >= 15 is 0 Å². The molecular formula is C16H21F3N2O3. The number of alkyl halides is 3. The fourth-order valence-electron chi connectivity index (χ4n) is 3.83. The van der Waals surface area contributed by atoms with E-state index in [-0.39, 0.29) is 30.6 Å². The van der Waals surface area contributed by atoms with Gasteiger partial charge in [0, 0.05) is 11.8 Å². The average molecular weight is 346 g/mol. The highest BCUT2D eigenvalue weighted by molar-refractivity contribution is 5.70. The fourth-order valence-corrected chi connectivity index (χ4v) is 3.83. The minimum Gasteiger partial charge on any atom is -0.481 e. The lowest BCUT2D eigenvalue weighted by Gasteiger charge is -2.28. The van der Waals surface area contributed by atoms with Crippen molar-refractivity contribution in [2.45, 2.75) is 69.4 Å². The molecule has 0 spiro atoms. The first-order chi connectivity index (χ1) is 11.3. The second kappa shape index (κ2) is 6.72. The number of nitrogens with zero attached hydrogens (tertiary/aromatic N) is 2. The van der Waals surface area contributed by atoms with Crippen LogP contribution in [0.3, 0.4) is 0 Å². The molecule has 1 heterocycles. The summed E-state index contributed by atoms with van der Waals surface area (Å²) in [6.45, 7) is 0. The van der Waals surface area contributed by atoms with Gasteiger partial charge < -0.3 is 9.52 Å². The number of rotatable bonds is 3. The zero-order valence-corrected chi connectivity index (χ0v) is 13.3. The first-order valence-electron chi connectivity index (χ1n) is 8.47. The summed E-state index contributed by atoms with van der Waals surface area (Å²) in [6.07, 6.45) is -0.504. The van der Waals surface area contributed by atoms with Crippen LogP contribution in [0.4, 0.5) is 13.2 Å². The van der Waals surface area contributed by atoms with Crippen LogP contribution in [0, 0.1) is 11.8 Å². The van der Waals surface area contributed by atoms with E-state index in [2.05, 4.69) is 10.2 Å². The van der Waals surface area contributed by atoms with Gasteiger partial charge >= 0.3 is 12.1 Å². The Labute approximate surface area is 137 Å². The molecule has 0 saturated heterocycles. The van der Waals surface area contributed by atoms with Crippen LogP contribution >= 0.6 is 0 Å². The van der Waals surface area contributed by atoms with Crippen molar-refractivity contribution in [3.8, 4) is 0 Å². The van der Waals surface area contributed by atoms with Gasteiger partial charge in [-0.25, -0.2) is 0 Å². The highest BCUT2D eigenvalue weighted by Gasteiger charge is 2.42. The SMILES string of the molecule is O=C(O)[C@H]1CC[C@H](c2nnc(C3CCC(C(F)(F)F)CC3)o2)CC1. The van der Waals surface area contributed by atoms with Crippen LogP contribution in [0.2, 0.25) is 0 Å². The molecular weight excluding hydrogens is 325 g/mol. The molecule has 2 aliphatic carbocycles. The first kappa shape index (κ1) is 17.2. The zero-order chi connectivity index (χ0) is 17.3. The molecule has 8 heteroatoms. The summed E-state index contributed by atoms with van der Waals surface area (Å²) < 4.78 is 43.9. The van der Waals surface area contributed by atoms with Crippen molar-refractivity contribution in [2.75, 3.05) is 0 Å². The second-order valence-corrected chi connectivity index (χ2v) is 6.96. The van der Waals surface area contributed by atoms with Crippen molar-refractivity contribution < 1.29 is 27.5 Å². The van der Waals surface area contributed by atoms with E-state index in [4.69, 9.17) is 9.52 Å². The number of aromatic nitrogens is 2. The molecule has 3 rings (SSSR count). The Kier molecular flexibility index (Phi) is 4.83. The minimum atomic E-state index is -4.12. The van der Waals surface area contributed by atoms with Gasteiger partial charge in [0.25, 0.3) is 0 Å². The van der Waals surface area contributed by atoms with E-state index in [1.54, 1.807) is 0 Å². The van der Waals surface area contributed by atoms with Crippen molar-refractivity contribution in [3.63, 3.8) is 0 Å². The molecule has 1 N–H and O–H groups in total. The molecule has 0 atom stereocenters. The van der Waals surface area contributed by atoms with Gasteiger partial charge in [0.1, 0.15) is 0 Å². The summed E-state index contributed by atoms with van der Waals surface area (Å²) in [5.41, 5.74) is 0. The summed E-state index contributed by atoms with van der Waals surface area (Å²) in [4.78, 5) is 11.0. The number of carboxylic acid groups (broad SMARTS) is 1. The highest BCUT2D eigenvalue weighted by Crippen LogP contribution is 2.43. The van der Waals surface area contributed by atoms with Crippen LogP contribution in [0.15, 0.2) is 4.42 Å². The van der Waals surface area contributed by atoms with E-state index in [0.29, 0.717) is 50.3 Å². The maximum atomic E-state index is 12.7. The van der Waals surface area contributed by atoms with Crippen molar-refractivity contribution in [1.82, 2.24) is 10.2 Å². The summed E-state index contributed by atoms with van der Waals surface area (Å²) >= 11 is 0. The van der Waals surface area contributed by atoms with E-state index in [0.717, 1.165) is 0 Å². The third kappa shape index (κ3) is 3.72. The van der Waals surface area contributed by atoms with Gasteiger partial charge in [-0.2, -0.15) is 13.2 Å². The predicted molar refractivity (Wildman–Crippen MR) is 77.4 cm³/mol. The smallest absolute Gasteiger partial charge is 0.391 e. The first-order valence-corrected chi connectivity index (χ1v) is 8.47. The largest absolute Gasteiger partial charge is 0.481 e. The van der Waals surface area contributed by atoms with Gasteiger partial charge in [0.15, 0.2) is 0 Å². The molecule has 0 amide bonds. The Balaban J connectivity index is 1.56. The van der Waals surface area contributed by atoms with Gasteiger partial charge in [-0.1, -0.05) is 0 Å². The van der Waals surface area contributed by atoms with Gasteiger partial charge in [0.05, 0.1) is 11.8 Å². The molecule has 5 nitrogen and oxygen atoms in total. The second-order valence-electron chi connectivity index (χ2n) is 6.96. The molecule has 0 radical (unpaired) electrons. The number of carbonyl (C=O) groups is 1. The van der Waals surface area contributed by atoms with E-state index in [1.807, 2.05) is 0 Å². The predicted octanol–water partition coefficient (Wildman–Crippen LogP) is 4.26. The number of hydrogen-bond acceptors (Lipinski definition) is 4. The normalized spacial score (nSPS) is 31.8. The summed E-state index contributed by atoms with van der Waals surface area (Å²) in [6, 6.07) is 0. The average Bonchev–Trinajstić information content (AvgIpc) is 3.04. The third-order valence-electron chi connectivity index (χ3n) is 5.42. The minimum absolute atomic E-state index is 0.0633. The topological polar surface area (TPSA) is 76.2 Å². The molecule has 134 valence electrons. The van der Waals surface area contributed by atoms with Gasteiger partial charge in [0.2, 0.25) is 11.8 Å². The van der Waals surface area contributed by atoms with Crippen molar-refractivity contribution in [3.05, 3.63) is 11.8 Å². The molecule has 24 heavy (non-hydrogen) atoms. The van der Waals surface area contributed by atoms with E-state index in [9.17, 15) is 18.0 Å². The molecule has 2 saturated carbocycles. The molecule has 0 unspecified atom stereocenters. The number of hydrogen-bond donors (Lipinski definition) is 1. The fraction of sp³-hybridized carbons (Fsp3) is 0.812. The Hall–Kier alpha value is -1.60. The van der Waals surface area contributed by atoms with Crippen LogP contribution in [-0.4, -0.2) is 27.4 Å². The van der Waals surface area contributed by atoms with E-state index < -0.39 is 18.1 Å². The molecule has 2 fully saturated rings. The number of aliphatic carboxylic acids is 1. The Morgan fingerprint density at radius 3 is 1.79 bits per heavy atom. The van der Waals surface area contributed by atoms with Gasteiger partial charge in [-0.3, -0.25) is 4.79 Å². The standard InChI is InChI=1S/C16H21F3N2O3/c17-16(18,19)12-7-5-10(6-8-12)14-21-20-13(24-14)9-1-3-11(4-2-9)15(22)23/h9-12H,1-8H2,(H,22,23)/t9-,10?,11-,12?. The van der Waals surface area contributed by atoms with Crippen molar-refractivity contribution in [2.24, 2.45) is 11.8 Å². The third-order valence-corrected chi connectivity index (χ3v) is 5.42. The number of carboxylic acids is 1. The maximum absolute atomic E-state index is 12.7. The Morgan fingerprint density at radius 1 is 0.917 bits per heavy atom. The summed E-state index contributed by atoms with van der Waals surface area (Å²) in [7, 11) is 0. The molecule has 0 aromatic carbocycles. The Bertz CT molecular complexity index is 571. The van der Waals surface area contributed by atoms with Crippen molar-refractivity contribution in [1.29, 1.82) is 0 Å². The van der Waals surface area contributed by atoms with Crippen LogP contribution in [-0.2, 0) is 4.79 Å². The van der Waals surface area contributed by atoms with Crippen LogP contribution in [0.5, 0.6) is 0 Å². The lowest BCUT2D eigenvalue weighted by atomic mass is 9.81. The summed E-state index contributed by atoms with van der Waals surface area (Å²) in [5, 5.41) is 17.1. The van der Waals surface area contributed by atoms with E-state index in [1.165, 1.54) is 0 Å². The molecule has 2 aliphatic rings. The number of halogens is 3. The lowest BCUT2D eigenvalue weighted by Crippen LogP contribution is -2.27. The van der Waals surface area contributed by atoms with Gasteiger partial charge in [-0.05, 0) is 51.4 Å². The zero-order valence-electron chi connectivity index (χ0n) is 13.3. The van der Waals surface area contributed by atoms with Crippen LogP contribution < -0.4 is 0 Å². The monoisotopic (exact) mass is 346 g/mol. The molecule has 0 bridgehead atoms. The van der Waals surface area contributed by atoms with Crippen molar-refractivity contribution >= 4 is 5.97 Å². The quantitative estimate of drug-likeness (QED) is 0.885. The maximum Gasteiger partial charge on any atom is 0.391 e. The highest BCUT2D eigenvalue weighted by atomic mass is 19.4. The molecule has 1 aromatic rings. The van der Waals surface area contributed by atoms with Crippen LogP contribution in [0.25, 0.3) is 0 Å². The van der Waals surface area contributed by atoms with Crippen LogP contribution in [0.1, 0.15) is 75.0 Å². The van der Waals surface area contributed by atoms with Gasteiger partial charge in [-0.15, -0.1) is 10.2 Å². The Morgan fingerprint density at radius 2 is 1.38 bits per heavy atom. The molecule has 0 aliphatic heterocycles. The summed E-state index contributed by atoms with van der Waals surface area (Å²) in [5.74, 6) is -1.38. The molecule has 1 aromatic heterocycles. The lowest BCUT2D eigenvalue weighted by molar-refractivity contribution is -0.182.